The Morgan fingerprint density at radius 1 is 0.391 bits per heavy atom. The lowest BCUT2D eigenvalue weighted by Gasteiger charge is -2.21. The Labute approximate surface area is 400 Å². The third-order valence-electron chi connectivity index (χ3n) is 13.7. The second-order valence-electron chi connectivity index (χ2n) is 18.1. The molecule has 0 saturated carbocycles. The molecule has 0 bridgehead atoms. The molecule has 0 spiro atoms. The van der Waals surface area contributed by atoms with Crippen molar-refractivity contribution in [3.8, 4) is 56.7 Å². The average molecular weight is 884 g/mol. The fourth-order valence-corrected chi connectivity index (χ4v) is 10.6. The molecule has 0 saturated heterocycles. The molecule has 5 heteroatoms. The summed E-state index contributed by atoms with van der Waals surface area (Å²) in [6.07, 6.45) is 5.76. The minimum Gasteiger partial charge on any atom is -0.309 e. The highest BCUT2D eigenvalue weighted by Gasteiger charge is 2.23. The van der Waals surface area contributed by atoms with Gasteiger partial charge in [-0.25, -0.2) is 4.98 Å². The third kappa shape index (κ3) is 7.06. The van der Waals surface area contributed by atoms with Gasteiger partial charge in [-0.2, -0.15) is 9.97 Å². The van der Waals surface area contributed by atoms with Crippen LogP contribution >= 0.6 is 0 Å². The number of aromatic nitrogens is 5. The van der Waals surface area contributed by atoms with Gasteiger partial charge in [0.1, 0.15) is 0 Å². The Morgan fingerprint density at radius 3 is 1.59 bits per heavy atom. The smallest absolute Gasteiger partial charge is 0.238 e. The lowest BCUT2D eigenvalue weighted by molar-refractivity contribution is 0.752. The van der Waals surface area contributed by atoms with Gasteiger partial charge >= 0.3 is 0 Å². The summed E-state index contributed by atoms with van der Waals surface area (Å²) >= 11 is 0. The number of allylic oxidation sites excluding steroid dienone is 4. The second kappa shape index (κ2) is 16.7. The molecular formula is C64H45N5. The highest BCUT2D eigenvalue weighted by Crippen LogP contribution is 2.42. The summed E-state index contributed by atoms with van der Waals surface area (Å²) in [4.78, 5) is 16.2. The van der Waals surface area contributed by atoms with E-state index in [4.69, 9.17) is 15.0 Å². The van der Waals surface area contributed by atoms with Crippen LogP contribution in [0.5, 0.6) is 0 Å². The largest absolute Gasteiger partial charge is 0.309 e. The van der Waals surface area contributed by atoms with Crippen LogP contribution in [0.1, 0.15) is 24.5 Å². The molecule has 69 heavy (non-hydrogen) atoms. The van der Waals surface area contributed by atoms with Gasteiger partial charge in [-0.15, -0.1) is 0 Å². The molecule has 0 fully saturated rings. The van der Waals surface area contributed by atoms with Gasteiger partial charge in [-0.05, 0) is 76.1 Å². The average Bonchev–Trinajstić information content (AvgIpc) is 3.94. The van der Waals surface area contributed by atoms with Crippen molar-refractivity contribution in [3.63, 3.8) is 0 Å². The fourth-order valence-electron chi connectivity index (χ4n) is 10.6. The summed E-state index contributed by atoms with van der Waals surface area (Å²) in [7, 11) is 0. The summed E-state index contributed by atoms with van der Waals surface area (Å²) in [5.74, 6) is 2.16. The molecule has 1 aliphatic rings. The van der Waals surface area contributed by atoms with E-state index in [0.717, 1.165) is 78.3 Å². The molecule has 0 radical (unpaired) electrons. The van der Waals surface area contributed by atoms with Gasteiger partial charge in [0.25, 0.3) is 0 Å². The zero-order valence-corrected chi connectivity index (χ0v) is 38.0. The zero-order chi connectivity index (χ0) is 45.8. The summed E-state index contributed by atoms with van der Waals surface area (Å²) in [6.45, 7) is 2.32. The number of para-hydroxylation sites is 4. The Hall–Kier alpha value is -8.93. The predicted octanol–water partition coefficient (Wildman–Crippen LogP) is 16.2. The SMILES string of the molecule is CC1C=C(c2ccccc2)C=C(c2cccc(-c3ccc(-c4nc(-c5ccccc5)nc(-n5c6ccccc6c6cccc(-c7ccccc7)c65)n4)cc3-n3c4ccccc4c4ccccc43)c2)C1. The van der Waals surface area contributed by atoms with E-state index < -0.39 is 0 Å². The van der Waals surface area contributed by atoms with Crippen molar-refractivity contribution in [3.05, 3.63) is 248 Å². The van der Waals surface area contributed by atoms with Gasteiger partial charge < -0.3 is 4.57 Å². The van der Waals surface area contributed by atoms with Gasteiger partial charge in [0.15, 0.2) is 11.6 Å². The topological polar surface area (TPSA) is 48.5 Å². The summed E-state index contributed by atoms with van der Waals surface area (Å²) < 4.78 is 4.66. The lowest BCUT2D eigenvalue weighted by atomic mass is 9.85. The first-order valence-corrected chi connectivity index (χ1v) is 23.7. The van der Waals surface area contributed by atoms with Crippen molar-refractivity contribution in [2.75, 3.05) is 0 Å². The fraction of sp³-hybridized carbons (Fsp3) is 0.0469. The molecule has 0 aliphatic heterocycles. The van der Waals surface area contributed by atoms with Crippen LogP contribution in [0, 0.1) is 5.92 Å². The monoisotopic (exact) mass is 883 g/mol. The third-order valence-corrected chi connectivity index (χ3v) is 13.7. The first-order chi connectivity index (χ1) is 34.1. The van der Waals surface area contributed by atoms with E-state index in [1.165, 1.54) is 33.0 Å². The van der Waals surface area contributed by atoms with E-state index >= 15 is 0 Å². The van der Waals surface area contributed by atoms with Crippen LogP contribution in [0.2, 0.25) is 0 Å². The number of fused-ring (bicyclic) bond motifs is 6. The summed E-state index contributed by atoms with van der Waals surface area (Å²) in [5, 5.41) is 4.68. The van der Waals surface area contributed by atoms with Crippen molar-refractivity contribution in [1.29, 1.82) is 0 Å². The molecule has 1 unspecified atom stereocenters. The molecule has 12 aromatic rings. The maximum atomic E-state index is 5.49. The van der Waals surface area contributed by atoms with Crippen LogP contribution in [0.3, 0.4) is 0 Å². The van der Waals surface area contributed by atoms with Crippen molar-refractivity contribution in [2.24, 2.45) is 5.92 Å². The van der Waals surface area contributed by atoms with E-state index in [0.29, 0.717) is 23.5 Å². The normalized spacial score (nSPS) is 13.8. The Kier molecular flexibility index (Phi) is 9.79. The zero-order valence-electron chi connectivity index (χ0n) is 38.0. The van der Waals surface area contributed by atoms with E-state index in [9.17, 15) is 0 Å². The highest BCUT2D eigenvalue weighted by molar-refractivity contribution is 6.14. The van der Waals surface area contributed by atoms with E-state index in [1.54, 1.807) is 0 Å². The molecular weight excluding hydrogens is 839 g/mol. The number of hydrogen-bond acceptors (Lipinski definition) is 3. The van der Waals surface area contributed by atoms with Gasteiger partial charge in [0.2, 0.25) is 5.95 Å². The minimum absolute atomic E-state index is 0.412. The quantitative estimate of drug-likeness (QED) is 0.153. The minimum atomic E-state index is 0.412. The summed E-state index contributed by atoms with van der Waals surface area (Å²) in [6, 6.07) is 80.0. The maximum Gasteiger partial charge on any atom is 0.238 e. The number of hydrogen-bond donors (Lipinski definition) is 0. The number of rotatable bonds is 8. The highest BCUT2D eigenvalue weighted by atomic mass is 15.2. The molecule has 1 aliphatic carbocycles. The molecule has 0 N–H and O–H groups in total. The molecule has 1 atom stereocenters. The molecule has 9 aromatic carbocycles. The maximum absolute atomic E-state index is 5.49. The van der Waals surface area contributed by atoms with Crippen LogP contribution in [0.25, 0.3) is 111 Å². The Morgan fingerprint density at radius 2 is 0.913 bits per heavy atom. The van der Waals surface area contributed by atoms with Gasteiger partial charge in [-0.1, -0.05) is 213 Å². The van der Waals surface area contributed by atoms with E-state index in [-0.39, 0.29) is 0 Å². The number of benzene rings is 9. The Balaban J connectivity index is 1.05. The van der Waals surface area contributed by atoms with Crippen molar-refractivity contribution in [1.82, 2.24) is 24.1 Å². The van der Waals surface area contributed by atoms with Crippen LogP contribution in [0.15, 0.2) is 237 Å². The van der Waals surface area contributed by atoms with Crippen LogP contribution in [-0.2, 0) is 0 Å². The van der Waals surface area contributed by atoms with Gasteiger partial charge in [0, 0.05) is 43.8 Å². The van der Waals surface area contributed by atoms with Crippen LogP contribution < -0.4 is 0 Å². The molecule has 13 rings (SSSR count). The Bertz CT molecular complexity index is 3940. The van der Waals surface area contributed by atoms with Gasteiger partial charge in [0.05, 0.1) is 27.8 Å². The van der Waals surface area contributed by atoms with Crippen molar-refractivity contribution in [2.45, 2.75) is 13.3 Å². The molecule has 5 nitrogen and oxygen atoms in total. The second-order valence-corrected chi connectivity index (χ2v) is 18.1. The standard InChI is InChI=1S/C64H45N5/c1-42-37-49(43-19-5-2-6-20-43)40-50(38-42)46-25-17-26-47(39-46)51-36-35-48(41-60(51)68-57-32-14-11-27-53(57)54-28-12-15-33-58(54)68)63-65-62(45-23-9-4-10-24-45)66-64(67-63)69-59-34-16-13-29-55(59)56-31-18-30-52(61(56)69)44-21-7-3-8-22-44/h2-37,39-42H,38H2,1H3. The van der Waals surface area contributed by atoms with E-state index in [1.807, 2.05) is 18.2 Å². The first-order valence-electron chi connectivity index (χ1n) is 23.7. The van der Waals surface area contributed by atoms with Crippen LogP contribution in [-0.4, -0.2) is 24.1 Å². The van der Waals surface area contributed by atoms with E-state index in [2.05, 4.69) is 234 Å². The summed E-state index contributed by atoms with van der Waals surface area (Å²) in [5.41, 5.74) is 16.8. The molecule has 0 amide bonds. The molecule has 3 heterocycles. The lowest BCUT2D eigenvalue weighted by Crippen LogP contribution is -2.07. The number of nitrogens with zero attached hydrogens (tertiary/aromatic N) is 5. The van der Waals surface area contributed by atoms with Crippen molar-refractivity contribution < 1.29 is 0 Å². The van der Waals surface area contributed by atoms with Gasteiger partial charge in [-0.3, -0.25) is 4.57 Å². The molecule has 3 aromatic heterocycles. The predicted molar refractivity (Wildman–Crippen MR) is 286 cm³/mol. The van der Waals surface area contributed by atoms with Crippen molar-refractivity contribution >= 4 is 54.8 Å². The van der Waals surface area contributed by atoms with Crippen LogP contribution in [0.4, 0.5) is 0 Å². The molecule has 326 valence electrons. The first kappa shape index (κ1) is 40.4.